The maximum absolute atomic E-state index is 4.64. The Hall–Kier alpha value is 0.0129. The van der Waals surface area contributed by atoms with Gasteiger partial charge in [0.1, 0.15) is 0 Å². The van der Waals surface area contributed by atoms with E-state index >= 15 is 0 Å². The Kier molecular flexibility index (Phi) is 1.14. The van der Waals surface area contributed by atoms with E-state index in [1.54, 1.807) is 0 Å². The summed E-state index contributed by atoms with van der Waals surface area (Å²) in [5, 5.41) is 3.65. The molecule has 1 aliphatic heterocycles. The van der Waals surface area contributed by atoms with Crippen LogP contribution in [-0.2, 0) is 4.84 Å². The molecule has 1 heterocycles. The van der Waals surface area contributed by atoms with Crippen molar-refractivity contribution in [2.45, 2.75) is 6.42 Å². The monoisotopic (exact) mass is 144 g/mol. The minimum absolute atomic E-state index is 0.784. The average Bonchev–Trinajstić information content (AvgIpc) is 1.86. The third-order valence-electron chi connectivity index (χ3n) is 0.605. The zero-order valence-corrected chi connectivity index (χ0v) is 5.37. The van der Waals surface area contributed by atoms with Gasteiger partial charge >= 0.3 is 44.1 Å². The van der Waals surface area contributed by atoms with Crippen molar-refractivity contribution in [3.05, 3.63) is 0 Å². The molecule has 0 unspecified atom stereocenters. The van der Waals surface area contributed by atoms with Gasteiger partial charge in [0, 0.05) is 0 Å². The third-order valence-corrected chi connectivity index (χ3v) is 1.32. The van der Waals surface area contributed by atoms with E-state index in [0.717, 1.165) is 17.6 Å². The van der Waals surface area contributed by atoms with Crippen molar-refractivity contribution in [1.29, 1.82) is 0 Å². The molecule has 1 rings (SSSR count). The zero-order valence-electron chi connectivity index (χ0n) is 3.27. The molecule has 0 fully saturated rings. The standard InChI is InChI=1S/C3H4GeNO/c4-3-1-2-6-5-3/h1-2H2. The van der Waals surface area contributed by atoms with Crippen molar-refractivity contribution in [3.8, 4) is 0 Å². The molecule has 0 aromatic heterocycles. The molecule has 31 valence electrons. The molecule has 3 heteroatoms. The van der Waals surface area contributed by atoms with Crippen LogP contribution in [0.2, 0.25) is 0 Å². The molecule has 0 amide bonds. The SMILES string of the molecule is [Ge][C]1=NOCC1. The molecule has 0 atom stereocenters. The number of nitrogens with zero attached hydrogens (tertiary/aromatic N) is 1. The second kappa shape index (κ2) is 1.64. The summed E-state index contributed by atoms with van der Waals surface area (Å²) >= 11 is 1.97. The first-order valence-corrected chi connectivity index (χ1v) is 2.85. The molecule has 1 aliphatic rings. The predicted octanol–water partition coefficient (Wildman–Crippen LogP) is -0.111. The molecule has 2 nitrogen and oxygen atoms in total. The molecule has 6 heavy (non-hydrogen) atoms. The second-order valence-corrected chi connectivity index (χ2v) is 2.33. The van der Waals surface area contributed by atoms with Gasteiger partial charge in [0.2, 0.25) is 0 Å². The Morgan fingerprint density at radius 2 is 2.67 bits per heavy atom. The van der Waals surface area contributed by atoms with Gasteiger partial charge in [0.25, 0.3) is 0 Å². The van der Waals surface area contributed by atoms with Crippen LogP contribution < -0.4 is 0 Å². The fraction of sp³-hybridized carbons (Fsp3) is 0.667. The molecule has 0 spiro atoms. The molecule has 0 aromatic rings. The van der Waals surface area contributed by atoms with E-state index in [1.807, 2.05) is 16.5 Å². The van der Waals surface area contributed by atoms with Crippen LogP contribution in [0.5, 0.6) is 0 Å². The molecule has 0 saturated heterocycles. The Labute approximate surface area is 44.8 Å². The van der Waals surface area contributed by atoms with Gasteiger partial charge in [-0.05, 0) is 0 Å². The molecule has 3 radical (unpaired) electrons. The van der Waals surface area contributed by atoms with Crippen molar-refractivity contribution >= 4 is 21.1 Å². The summed E-state index contributed by atoms with van der Waals surface area (Å²) in [5.74, 6) is 0. The second-order valence-electron chi connectivity index (χ2n) is 1.12. The summed E-state index contributed by atoms with van der Waals surface area (Å²) in [6, 6.07) is 0. The molecule has 0 aromatic carbocycles. The zero-order chi connectivity index (χ0) is 4.41. The predicted molar refractivity (Wildman–Crippen MR) is 23.8 cm³/mol. The summed E-state index contributed by atoms with van der Waals surface area (Å²) < 4.78 is 1.11. The van der Waals surface area contributed by atoms with Crippen molar-refractivity contribution in [2.75, 3.05) is 6.61 Å². The van der Waals surface area contributed by atoms with E-state index in [0.29, 0.717) is 0 Å². The average molecular weight is 143 g/mol. The summed E-state index contributed by atoms with van der Waals surface area (Å²) in [6.07, 6.45) is 1.01. The molecule has 0 bridgehead atoms. The number of hydrogen-bond donors (Lipinski definition) is 0. The van der Waals surface area contributed by atoms with E-state index < -0.39 is 0 Å². The Balaban J connectivity index is 2.45. The van der Waals surface area contributed by atoms with Crippen LogP contribution in [0.4, 0.5) is 0 Å². The topological polar surface area (TPSA) is 21.6 Å². The molecule has 0 aliphatic carbocycles. The first kappa shape index (κ1) is 4.18. The maximum atomic E-state index is 4.64. The normalized spacial score (nSPS) is 19.8. The molecule has 0 saturated carbocycles. The van der Waals surface area contributed by atoms with Crippen molar-refractivity contribution < 1.29 is 4.84 Å². The fourth-order valence-electron chi connectivity index (χ4n) is 0.312. The van der Waals surface area contributed by atoms with E-state index in [2.05, 4.69) is 9.99 Å². The minimum atomic E-state index is 0.784. The van der Waals surface area contributed by atoms with Gasteiger partial charge in [-0.2, -0.15) is 0 Å². The van der Waals surface area contributed by atoms with E-state index in [9.17, 15) is 0 Å². The van der Waals surface area contributed by atoms with Gasteiger partial charge in [0.05, 0.1) is 0 Å². The molecular weight excluding hydrogens is 139 g/mol. The quantitative estimate of drug-likeness (QED) is 0.433. The first-order valence-electron chi connectivity index (χ1n) is 1.80. The first-order chi connectivity index (χ1) is 2.89. The van der Waals surface area contributed by atoms with Gasteiger partial charge in [-0.15, -0.1) is 0 Å². The number of oxime groups is 1. The Bertz CT molecular complexity index is 80.9. The van der Waals surface area contributed by atoms with Gasteiger partial charge < -0.3 is 0 Å². The van der Waals surface area contributed by atoms with E-state index in [4.69, 9.17) is 0 Å². The Morgan fingerprint density at radius 1 is 1.83 bits per heavy atom. The van der Waals surface area contributed by atoms with E-state index in [-0.39, 0.29) is 0 Å². The molecular formula is C3H4GeNO. The van der Waals surface area contributed by atoms with E-state index in [1.165, 1.54) is 0 Å². The van der Waals surface area contributed by atoms with Crippen LogP contribution in [0.3, 0.4) is 0 Å². The summed E-state index contributed by atoms with van der Waals surface area (Å²) in [6.45, 7) is 0.784. The van der Waals surface area contributed by atoms with Gasteiger partial charge in [-0.1, -0.05) is 0 Å². The van der Waals surface area contributed by atoms with Crippen LogP contribution in [0.25, 0.3) is 0 Å². The van der Waals surface area contributed by atoms with Crippen molar-refractivity contribution in [2.24, 2.45) is 5.16 Å². The van der Waals surface area contributed by atoms with Gasteiger partial charge in [-0.3, -0.25) is 0 Å². The van der Waals surface area contributed by atoms with Crippen LogP contribution in [0, 0.1) is 0 Å². The Morgan fingerprint density at radius 3 is 2.83 bits per heavy atom. The van der Waals surface area contributed by atoms with Crippen molar-refractivity contribution in [3.63, 3.8) is 0 Å². The fourth-order valence-corrected chi connectivity index (χ4v) is 0.661. The van der Waals surface area contributed by atoms with Crippen molar-refractivity contribution in [1.82, 2.24) is 0 Å². The van der Waals surface area contributed by atoms with Crippen LogP contribution in [0.15, 0.2) is 5.16 Å². The molecule has 0 N–H and O–H groups in total. The van der Waals surface area contributed by atoms with Crippen LogP contribution in [0.1, 0.15) is 6.42 Å². The number of rotatable bonds is 0. The van der Waals surface area contributed by atoms with Crippen LogP contribution in [-0.4, -0.2) is 27.7 Å². The van der Waals surface area contributed by atoms with Gasteiger partial charge in [-0.25, -0.2) is 0 Å². The summed E-state index contributed by atoms with van der Waals surface area (Å²) in [7, 11) is 0. The van der Waals surface area contributed by atoms with Crippen LogP contribution >= 0.6 is 0 Å². The summed E-state index contributed by atoms with van der Waals surface area (Å²) in [4.78, 5) is 4.64. The summed E-state index contributed by atoms with van der Waals surface area (Å²) in [5.41, 5.74) is 0. The van der Waals surface area contributed by atoms with Gasteiger partial charge in [0.15, 0.2) is 0 Å². The third kappa shape index (κ3) is 0.741. The number of hydrogen-bond acceptors (Lipinski definition) is 2.